The summed E-state index contributed by atoms with van der Waals surface area (Å²) < 4.78 is 5.04. The number of hydrogen-bond acceptors (Lipinski definition) is 3. The molecule has 0 fully saturated rings. The molecule has 0 radical (unpaired) electrons. The van der Waals surface area contributed by atoms with Gasteiger partial charge in [-0.15, -0.1) is 0 Å². The van der Waals surface area contributed by atoms with Crippen molar-refractivity contribution in [1.29, 1.82) is 0 Å². The molecule has 0 spiro atoms. The van der Waals surface area contributed by atoms with E-state index < -0.39 is 11.7 Å². The Labute approximate surface area is 75.9 Å². The largest absolute Gasteiger partial charge is 0.477 e. The zero-order valence-electron chi connectivity index (χ0n) is 7.23. The molecule has 1 rings (SSSR count). The summed E-state index contributed by atoms with van der Waals surface area (Å²) in [5.41, 5.74) is 3.69. The van der Waals surface area contributed by atoms with E-state index >= 15 is 0 Å². The Morgan fingerprint density at radius 3 is 2.46 bits per heavy atom. The van der Waals surface area contributed by atoms with E-state index in [4.69, 9.17) is 15.6 Å². The molecule has 0 aliphatic rings. The average molecular weight is 181 g/mol. The molecule has 3 N–H and O–H groups in total. The third-order valence-electron chi connectivity index (χ3n) is 1.50. The predicted octanol–water partition coefficient (Wildman–Crippen LogP) is 0.825. The predicted molar refractivity (Wildman–Crippen MR) is 47.3 cm³/mol. The summed E-state index contributed by atoms with van der Waals surface area (Å²) in [6.07, 6.45) is 0. The maximum atomic E-state index is 10.6. The normalized spacial score (nSPS) is 14.6. The van der Waals surface area contributed by atoms with E-state index in [0.29, 0.717) is 5.75 Å². The molecule has 0 aliphatic heterocycles. The van der Waals surface area contributed by atoms with E-state index in [0.717, 1.165) is 0 Å². The van der Waals surface area contributed by atoms with Gasteiger partial charge in [0.1, 0.15) is 5.75 Å². The van der Waals surface area contributed by atoms with Crippen LogP contribution in [-0.2, 0) is 4.79 Å². The molecule has 0 amide bonds. The molecule has 1 aromatic rings. The zero-order valence-corrected chi connectivity index (χ0v) is 7.23. The quantitative estimate of drug-likeness (QED) is 0.677. The average Bonchev–Trinajstić information content (AvgIpc) is 2.05. The van der Waals surface area contributed by atoms with E-state index in [-0.39, 0.29) is 0 Å². The van der Waals surface area contributed by atoms with Crippen molar-refractivity contribution in [3.05, 3.63) is 30.3 Å². The second-order valence-corrected chi connectivity index (χ2v) is 2.83. The summed E-state index contributed by atoms with van der Waals surface area (Å²) in [7, 11) is 0. The van der Waals surface area contributed by atoms with Crippen LogP contribution in [0.25, 0.3) is 0 Å². The third-order valence-corrected chi connectivity index (χ3v) is 1.50. The molecule has 13 heavy (non-hydrogen) atoms. The summed E-state index contributed by atoms with van der Waals surface area (Å²) in [5.74, 6) is -0.758. The van der Waals surface area contributed by atoms with Crippen LogP contribution in [0, 0.1) is 0 Å². The van der Waals surface area contributed by atoms with Crippen LogP contribution < -0.4 is 10.5 Å². The van der Waals surface area contributed by atoms with Gasteiger partial charge in [0.15, 0.2) is 0 Å². The SMILES string of the molecule is C[C@@](N)(Oc1ccccc1)C(=O)O. The second kappa shape index (κ2) is 3.45. The molecule has 0 aromatic heterocycles. The van der Waals surface area contributed by atoms with Gasteiger partial charge in [0.25, 0.3) is 5.72 Å². The Kier molecular flexibility index (Phi) is 2.53. The first-order valence-electron chi connectivity index (χ1n) is 3.79. The Morgan fingerprint density at radius 1 is 1.46 bits per heavy atom. The van der Waals surface area contributed by atoms with Gasteiger partial charge in [-0.05, 0) is 12.1 Å². The van der Waals surface area contributed by atoms with Crippen LogP contribution in [-0.4, -0.2) is 16.8 Å². The first-order valence-corrected chi connectivity index (χ1v) is 3.79. The van der Waals surface area contributed by atoms with Crippen LogP contribution >= 0.6 is 0 Å². The van der Waals surface area contributed by atoms with Gasteiger partial charge in [0.2, 0.25) is 0 Å². The van der Waals surface area contributed by atoms with Crippen LogP contribution in [0.2, 0.25) is 0 Å². The van der Waals surface area contributed by atoms with Crippen LogP contribution in [0.4, 0.5) is 0 Å². The number of rotatable bonds is 3. The summed E-state index contributed by atoms with van der Waals surface area (Å²) in [6, 6.07) is 8.59. The molecule has 0 saturated heterocycles. The number of aliphatic carboxylic acids is 1. The lowest BCUT2D eigenvalue weighted by molar-refractivity contribution is -0.153. The van der Waals surface area contributed by atoms with Crippen LogP contribution in [0.15, 0.2) is 30.3 Å². The van der Waals surface area contributed by atoms with Crippen molar-refractivity contribution in [2.24, 2.45) is 5.73 Å². The third kappa shape index (κ3) is 2.45. The molecule has 4 nitrogen and oxygen atoms in total. The molecule has 4 heteroatoms. The molecular weight excluding hydrogens is 170 g/mol. The molecule has 0 aliphatic carbocycles. The van der Waals surface area contributed by atoms with Gasteiger partial charge in [0.05, 0.1) is 0 Å². The van der Waals surface area contributed by atoms with Crippen molar-refractivity contribution >= 4 is 5.97 Å². The fourth-order valence-corrected chi connectivity index (χ4v) is 0.777. The molecule has 70 valence electrons. The highest BCUT2D eigenvalue weighted by atomic mass is 16.5. The molecule has 0 bridgehead atoms. The Bertz CT molecular complexity index is 295. The maximum Gasteiger partial charge on any atom is 0.363 e. The Morgan fingerprint density at radius 2 is 2.00 bits per heavy atom. The topological polar surface area (TPSA) is 72.5 Å². The lowest BCUT2D eigenvalue weighted by Gasteiger charge is -2.20. The number of hydrogen-bond donors (Lipinski definition) is 2. The summed E-state index contributed by atoms with van der Waals surface area (Å²) in [4.78, 5) is 10.6. The minimum absolute atomic E-state index is 0.440. The lowest BCUT2D eigenvalue weighted by atomic mass is 10.3. The van der Waals surface area contributed by atoms with E-state index in [1.807, 2.05) is 6.07 Å². The number of carboxylic acid groups (broad SMARTS) is 1. The molecule has 0 unspecified atom stereocenters. The van der Waals surface area contributed by atoms with Gasteiger partial charge >= 0.3 is 5.97 Å². The van der Waals surface area contributed by atoms with Gasteiger partial charge in [-0.3, -0.25) is 5.73 Å². The number of nitrogens with two attached hydrogens (primary N) is 1. The Balaban J connectivity index is 2.75. The second-order valence-electron chi connectivity index (χ2n) is 2.83. The maximum absolute atomic E-state index is 10.6. The van der Waals surface area contributed by atoms with Crippen LogP contribution in [0.5, 0.6) is 5.75 Å². The molecule has 0 heterocycles. The lowest BCUT2D eigenvalue weighted by Crippen LogP contribution is -2.50. The van der Waals surface area contributed by atoms with E-state index in [2.05, 4.69) is 0 Å². The van der Waals surface area contributed by atoms with Gasteiger partial charge in [-0.1, -0.05) is 18.2 Å². The molecule has 1 aromatic carbocycles. The first-order chi connectivity index (χ1) is 6.02. The summed E-state index contributed by atoms with van der Waals surface area (Å²) >= 11 is 0. The van der Waals surface area contributed by atoms with Crippen molar-refractivity contribution in [3.63, 3.8) is 0 Å². The van der Waals surface area contributed by atoms with Crippen LogP contribution in [0.3, 0.4) is 0 Å². The van der Waals surface area contributed by atoms with Crippen molar-refractivity contribution in [1.82, 2.24) is 0 Å². The van der Waals surface area contributed by atoms with Crippen LogP contribution in [0.1, 0.15) is 6.92 Å². The Hall–Kier alpha value is -1.55. The number of carbonyl (C=O) groups is 1. The number of carboxylic acids is 1. The van der Waals surface area contributed by atoms with Gasteiger partial charge in [-0.2, -0.15) is 0 Å². The van der Waals surface area contributed by atoms with E-state index in [1.54, 1.807) is 24.3 Å². The van der Waals surface area contributed by atoms with Gasteiger partial charge in [0, 0.05) is 6.92 Å². The summed E-state index contributed by atoms with van der Waals surface area (Å²) in [5, 5.41) is 8.65. The number of benzene rings is 1. The number of ether oxygens (including phenoxy) is 1. The minimum Gasteiger partial charge on any atom is -0.477 e. The van der Waals surface area contributed by atoms with E-state index in [9.17, 15) is 4.79 Å². The van der Waals surface area contributed by atoms with Crippen molar-refractivity contribution in [3.8, 4) is 5.75 Å². The minimum atomic E-state index is -1.68. The number of para-hydroxylation sites is 1. The fraction of sp³-hybridized carbons (Fsp3) is 0.222. The summed E-state index contributed by atoms with van der Waals surface area (Å²) in [6.45, 7) is 1.29. The molecule has 1 atom stereocenters. The monoisotopic (exact) mass is 181 g/mol. The zero-order chi connectivity index (χ0) is 9.90. The van der Waals surface area contributed by atoms with Gasteiger partial charge in [-0.25, -0.2) is 4.79 Å². The highest BCUT2D eigenvalue weighted by Gasteiger charge is 2.29. The van der Waals surface area contributed by atoms with Gasteiger partial charge < -0.3 is 9.84 Å². The van der Waals surface area contributed by atoms with Crippen molar-refractivity contribution in [2.45, 2.75) is 12.6 Å². The van der Waals surface area contributed by atoms with E-state index in [1.165, 1.54) is 6.92 Å². The first kappa shape index (κ1) is 9.54. The fourth-order valence-electron chi connectivity index (χ4n) is 0.777. The smallest absolute Gasteiger partial charge is 0.363 e. The highest BCUT2D eigenvalue weighted by Crippen LogP contribution is 2.14. The molecule has 0 saturated carbocycles. The highest BCUT2D eigenvalue weighted by molar-refractivity contribution is 5.76. The van der Waals surface area contributed by atoms with Crippen molar-refractivity contribution in [2.75, 3.05) is 0 Å². The molecular formula is C9H11NO3. The van der Waals surface area contributed by atoms with Crippen molar-refractivity contribution < 1.29 is 14.6 Å². The standard InChI is InChI=1S/C9H11NO3/c1-9(10,8(11)12)13-7-5-3-2-4-6-7/h2-6H,10H2,1H3,(H,11,12)/t9-/m1/s1.